The Labute approximate surface area is 192 Å². The van der Waals surface area contributed by atoms with Crippen LogP contribution in [0.25, 0.3) is 0 Å². The van der Waals surface area contributed by atoms with Crippen LogP contribution < -0.4 is 15.0 Å². The molecule has 1 aliphatic rings. The van der Waals surface area contributed by atoms with Crippen molar-refractivity contribution in [3.63, 3.8) is 0 Å². The summed E-state index contributed by atoms with van der Waals surface area (Å²) in [5.74, 6) is 0.274. The van der Waals surface area contributed by atoms with Crippen molar-refractivity contribution in [3.05, 3.63) is 58.6 Å². The molecule has 1 unspecified atom stereocenters. The van der Waals surface area contributed by atoms with Gasteiger partial charge < -0.3 is 19.9 Å². The molecule has 7 heteroatoms. The number of amides is 2. The first-order valence-electron chi connectivity index (χ1n) is 10.8. The van der Waals surface area contributed by atoms with E-state index in [2.05, 4.69) is 40.0 Å². The number of benzene rings is 2. The average molecular weight is 488 g/mol. The SMILES string of the molecule is CCN(CC)CCOc1ccccc1CNC(=O)C1CC(=O)N(c2ccccc2Br)C1. The van der Waals surface area contributed by atoms with E-state index < -0.39 is 0 Å². The number of likely N-dealkylation sites (N-methyl/N-ethyl adjacent to an activating group) is 1. The third-order valence-electron chi connectivity index (χ3n) is 5.62. The van der Waals surface area contributed by atoms with Crippen LogP contribution in [0.2, 0.25) is 0 Å². The number of para-hydroxylation sites is 2. The number of halogens is 1. The highest BCUT2D eigenvalue weighted by Gasteiger charge is 2.35. The lowest BCUT2D eigenvalue weighted by Crippen LogP contribution is -2.33. The summed E-state index contributed by atoms with van der Waals surface area (Å²) < 4.78 is 6.82. The lowest BCUT2D eigenvalue weighted by Gasteiger charge is -2.19. The Kier molecular flexibility index (Phi) is 8.49. The molecule has 0 aliphatic carbocycles. The van der Waals surface area contributed by atoms with E-state index in [9.17, 15) is 9.59 Å². The normalized spacial score (nSPS) is 16.1. The largest absolute Gasteiger partial charge is 0.492 e. The minimum Gasteiger partial charge on any atom is -0.492 e. The van der Waals surface area contributed by atoms with Crippen molar-refractivity contribution < 1.29 is 14.3 Å². The van der Waals surface area contributed by atoms with Crippen LogP contribution in [0.5, 0.6) is 5.75 Å². The Balaban J connectivity index is 1.55. The Bertz CT molecular complexity index is 901. The second-order valence-electron chi connectivity index (χ2n) is 7.56. The molecule has 0 bridgehead atoms. The van der Waals surface area contributed by atoms with Crippen molar-refractivity contribution in [1.29, 1.82) is 0 Å². The molecule has 166 valence electrons. The van der Waals surface area contributed by atoms with E-state index in [0.29, 0.717) is 19.7 Å². The molecule has 0 saturated carbocycles. The van der Waals surface area contributed by atoms with Gasteiger partial charge >= 0.3 is 0 Å². The minimum absolute atomic E-state index is 0.0350. The van der Waals surface area contributed by atoms with Gasteiger partial charge in [-0.25, -0.2) is 0 Å². The lowest BCUT2D eigenvalue weighted by molar-refractivity contribution is -0.126. The lowest BCUT2D eigenvalue weighted by atomic mass is 10.1. The Morgan fingerprint density at radius 1 is 1.16 bits per heavy atom. The van der Waals surface area contributed by atoms with Gasteiger partial charge in [-0.15, -0.1) is 0 Å². The van der Waals surface area contributed by atoms with Gasteiger partial charge in [-0.3, -0.25) is 9.59 Å². The molecule has 1 saturated heterocycles. The Morgan fingerprint density at radius 2 is 1.87 bits per heavy atom. The van der Waals surface area contributed by atoms with Crippen molar-refractivity contribution >= 4 is 33.4 Å². The van der Waals surface area contributed by atoms with Crippen LogP contribution in [0.15, 0.2) is 53.0 Å². The zero-order chi connectivity index (χ0) is 22.2. The number of hydrogen-bond acceptors (Lipinski definition) is 4. The van der Waals surface area contributed by atoms with Crippen LogP contribution in [0.4, 0.5) is 5.69 Å². The fraction of sp³-hybridized carbons (Fsp3) is 0.417. The monoisotopic (exact) mass is 487 g/mol. The highest BCUT2D eigenvalue weighted by Crippen LogP contribution is 2.31. The van der Waals surface area contributed by atoms with Crippen LogP contribution in [-0.4, -0.2) is 49.5 Å². The second kappa shape index (κ2) is 11.3. The standard InChI is InChI=1S/C24H30BrN3O3/c1-3-27(4-2)13-14-31-22-12-8-5-9-18(22)16-26-24(30)19-15-23(29)28(17-19)21-11-7-6-10-20(21)25/h5-12,19H,3-4,13-17H2,1-2H3,(H,26,30). The molecular formula is C24H30BrN3O3. The predicted octanol–water partition coefficient (Wildman–Crippen LogP) is 3.84. The van der Waals surface area contributed by atoms with E-state index in [1.807, 2.05) is 48.5 Å². The molecule has 6 nitrogen and oxygen atoms in total. The van der Waals surface area contributed by atoms with E-state index in [-0.39, 0.29) is 24.2 Å². The summed E-state index contributed by atoms with van der Waals surface area (Å²) in [6.07, 6.45) is 0.217. The van der Waals surface area contributed by atoms with Gasteiger partial charge in [0.15, 0.2) is 0 Å². The highest BCUT2D eigenvalue weighted by molar-refractivity contribution is 9.10. The van der Waals surface area contributed by atoms with Gasteiger partial charge in [0, 0.05) is 36.1 Å². The number of nitrogens with one attached hydrogen (secondary N) is 1. The summed E-state index contributed by atoms with van der Waals surface area (Å²) in [7, 11) is 0. The molecule has 1 N–H and O–H groups in total. The van der Waals surface area contributed by atoms with Crippen molar-refractivity contribution in [2.45, 2.75) is 26.8 Å². The average Bonchev–Trinajstić information content (AvgIpc) is 3.17. The van der Waals surface area contributed by atoms with Crippen LogP contribution in [0.3, 0.4) is 0 Å². The van der Waals surface area contributed by atoms with Gasteiger partial charge in [-0.05, 0) is 47.2 Å². The highest BCUT2D eigenvalue weighted by atomic mass is 79.9. The third kappa shape index (κ3) is 6.08. The summed E-state index contributed by atoms with van der Waals surface area (Å²) in [6, 6.07) is 15.3. The molecule has 0 spiro atoms. The maximum atomic E-state index is 12.8. The fourth-order valence-corrected chi connectivity index (χ4v) is 4.23. The number of ether oxygens (including phenoxy) is 1. The third-order valence-corrected chi connectivity index (χ3v) is 6.29. The number of carbonyl (C=O) groups excluding carboxylic acids is 2. The van der Waals surface area contributed by atoms with E-state index in [0.717, 1.165) is 41.1 Å². The number of nitrogens with zero attached hydrogens (tertiary/aromatic N) is 2. The van der Waals surface area contributed by atoms with E-state index >= 15 is 0 Å². The van der Waals surface area contributed by atoms with E-state index in [1.165, 1.54) is 0 Å². The number of rotatable bonds is 10. The maximum Gasteiger partial charge on any atom is 0.227 e. The fourth-order valence-electron chi connectivity index (χ4n) is 3.73. The van der Waals surface area contributed by atoms with Crippen molar-refractivity contribution in [1.82, 2.24) is 10.2 Å². The summed E-state index contributed by atoms with van der Waals surface area (Å²) in [5.41, 5.74) is 1.73. The van der Waals surface area contributed by atoms with Gasteiger partial charge in [-0.2, -0.15) is 0 Å². The molecule has 31 heavy (non-hydrogen) atoms. The minimum atomic E-state index is -0.365. The smallest absolute Gasteiger partial charge is 0.227 e. The molecule has 0 aromatic heterocycles. The number of carbonyl (C=O) groups is 2. The van der Waals surface area contributed by atoms with Gasteiger partial charge in [0.1, 0.15) is 12.4 Å². The van der Waals surface area contributed by atoms with Gasteiger partial charge in [0.05, 0.1) is 11.6 Å². The molecule has 1 aliphatic heterocycles. The van der Waals surface area contributed by atoms with Crippen LogP contribution in [-0.2, 0) is 16.1 Å². The molecule has 2 aromatic carbocycles. The molecule has 2 aromatic rings. The summed E-state index contributed by atoms with van der Waals surface area (Å²) >= 11 is 3.49. The zero-order valence-electron chi connectivity index (χ0n) is 18.1. The topological polar surface area (TPSA) is 61.9 Å². The van der Waals surface area contributed by atoms with Gasteiger partial charge in [0.2, 0.25) is 11.8 Å². The molecule has 3 rings (SSSR count). The molecular weight excluding hydrogens is 458 g/mol. The van der Waals surface area contributed by atoms with E-state index in [4.69, 9.17) is 4.74 Å². The molecule has 2 amide bonds. The molecule has 1 atom stereocenters. The second-order valence-corrected chi connectivity index (χ2v) is 8.41. The van der Waals surface area contributed by atoms with Crippen molar-refractivity contribution in [3.8, 4) is 5.75 Å². The van der Waals surface area contributed by atoms with Gasteiger partial charge in [0.25, 0.3) is 0 Å². The first-order valence-corrected chi connectivity index (χ1v) is 11.6. The molecule has 1 fully saturated rings. The Hall–Kier alpha value is -2.38. The summed E-state index contributed by atoms with van der Waals surface area (Å²) in [4.78, 5) is 29.2. The first-order chi connectivity index (χ1) is 15.0. The first kappa shape index (κ1) is 23.3. The summed E-state index contributed by atoms with van der Waals surface area (Å²) in [6.45, 7) is 8.49. The van der Waals surface area contributed by atoms with Crippen molar-refractivity contribution in [2.75, 3.05) is 37.7 Å². The molecule has 0 radical (unpaired) electrons. The maximum absolute atomic E-state index is 12.8. The number of hydrogen-bond donors (Lipinski definition) is 1. The van der Waals surface area contributed by atoms with Gasteiger partial charge in [-0.1, -0.05) is 44.2 Å². The van der Waals surface area contributed by atoms with Crippen molar-refractivity contribution in [2.24, 2.45) is 5.92 Å². The quantitative estimate of drug-likeness (QED) is 0.552. The van der Waals surface area contributed by atoms with Crippen LogP contribution in [0, 0.1) is 5.92 Å². The van der Waals surface area contributed by atoms with Crippen LogP contribution in [0.1, 0.15) is 25.8 Å². The summed E-state index contributed by atoms with van der Waals surface area (Å²) in [5, 5.41) is 2.99. The Morgan fingerprint density at radius 3 is 2.61 bits per heavy atom. The number of anilines is 1. The van der Waals surface area contributed by atoms with Crippen LogP contribution >= 0.6 is 15.9 Å². The molecule has 1 heterocycles. The predicted molar refractivity (Wildman–Crippen MR) is 126 cm³/mol. The zero-order valence-corrected chi connectivity index (χ0v) is 19.7. The van der Waals surface area contributed by atoms with E-state index in [1.54, 1.807) is 4.90 Å².